The lowest BCUT2D eigenvalue weighted by Crippen LogP contribution is -2.45. The van der Waals surface area contributed by atoms with Crippen LogP contribution in [0.25, 0.3) is 5.69 Å². The van der Waals surface area contributed by atoms with Gasteiger partial charge < -0.3 is 0 Å². The molecule has 0 radical (unpaired) electrons. The van der Waals surface area contributed by atoms with E-state index in [1.165, 1.54) is 16.9 Å². The third kappa shape index (κ3) is 1.31. The molecule has 1 aliphatic heterocycles. The molecule has 94 valence electrons. The Balaban J connectivity index is 2.41. The lowest BCUT2D eigenvalue weighted by atomic mass is 9.60. The summed E-state index contributed by atoms with van der Waals surface area (Å²) in [6, 6.07) is 8.58. The molecule has 2 aromatic rings. The van der Waals surface area contributed by atoms with Crippen LogP contribution in [0.15, 0.2) is 34.9 Å². The van der Waals surface area contributed by atoms with Crippen molar-refractivity contribution in [3.8, 4) is 5.69 Å². The van der Waals surface area contributed by atoms with E-state index in [-0.39, 0.29) is 10.8 Å². The van der Waals surface area contributed by atoms with Crippen molar-refractivity contribution in [3.05, 3.63) is 46.2 Å². The molecule has 0 amide bonds. The largest absolute Gasteiger partial charge is 0.237 e. The normalized spacial score (nSPS) is 19.2. The van der Waals surface area contributed by atoms with Crippen LogP contribution in [-0.4, -0.2) is 9.78 Å². The van der Waals surface area contributed by atoms with Crippen LogP contribution in [0.5, 0.6) is 0 Å². The zero-order valence-electron chi connectivity index (χ0n) is 11.2. The van der Waals surface area contributed by atoms with Gasteiger partial charge in [0.25, 0.3) is 0 Å². The third-order valence-corrected chi connectivity index (χ3v) is 5.20. The molecular weight excluding hydrogens is 288 g/mol. The second-order valence-electron chi connectivity index (χ2n) is 6.04. The predicted octanol–water partition coefficient (Wildman–Crippen LogP) is 4.20. The van der Waals surface area contributed by atoms with E-state index in [9.17, 15) is 0 Å². The average Bonchev–Trinajstić information content (AvgIpc) is 2.77. The molecule has 0 aliphatic carbocycles. The Hall–Kier alpha value is -1.09. The zero-order valence-corrected chi connectivity index (χ0v) is 12.7. The first kappa shape index (κ1) is 12.0. The molecule has 1 aromatic heterocycles. The lowest BCUT2D eigenvalue weighted by molar-refractivity contribution is 0.275. The highest BCUT2D eigenvalue weighted by Gasteiger charge is 2.46. The molecule has 3 rings (SSSR count). The fraction of sp³-hybridized carbons (Fsp3) is 0.400. The van der Waals surface area contributed by atoms with E-state index in [1.54, 1.807) is 0 Å². The molecule has 0 N–H and O–H groups in total. The van der Waals surface area contributed by atoms with Gasteiger partial charge in [0.1, 0.15) is 0 Å². The highest BCUT2D eigenvalue weighted by Crippen LogP contribution is 2.49. The molecule has 2 nitrogen and oxygen atoms in total. The van der Waals surface area contributed by atoms with Crippen molar-refractivity contribution in [2.75, 3.05) is 0 Å². The first-order valence-electron chi connectivity index (χ1n) is 6.20. The van der Waals surface area contributed by atoms with Gasteiger partial charge >= 0.3 is 0 Å². The van der Waals surface area contributed by atoms with Gasteiger partial charge in [-0.2, -0.15) is 5.10 Å². The highest BCUT2D eigenvalue weighted by atomic mass is 79.9. The minimum Gasteiger partial charge on any atom is -0.237 e. The molecule has 0 atom stereocenters. The molecule has 3 heteroatoms. The minimum atomic E-state index is 0.0529. The van der Waals surface area contributed by atoms with Crippen LogP contribution in [0.4, 0.5) is 0 Å². The van der Waals surface area contributed by atoms with E-state index in [2.05, 4.69) is 77.7 Å². The molecule has 0 spiro atoms. The van der Waals surface area contributed by atoms with Crippen molar-refractivity contribution < 1.29 is 0 Å². The SMILES string of the molecule is CC1(C)c2cc(Br)ccc2-n2nccc2C1(C)C. The van der Waals surface area contributed by atoms with E-state index in [1.807, 2.05) is 6.20 Å². The summed E-state index contributed by atoms with van der Waals surface area (Å²) in [5.41, 5.74) is 3.95. The van der Waals surface area contributed by atoms with Crippen molar-refractivity contribution in [2.45, 2.75) is 38.5 Å². The Morgan fingerprint density at radius 1 is 1.06 bits per heavy atom. The van der Waals surface area contributed by atoms with Gasteiger partial charge in [0.05, 0.1) is 11.4 Å². The summed E-state index contributed by atoms with van der Waals surface area (Å²) in [5.74, 6) is 0. The van der Waals surface area contributed by atoms with Crippen molar-refractivity contribution >= 4 is 15.9 Å². The van der Waals surface area contributed by atoms with E-state index in [4.69, 9.17) is 0 Å². The maximum Gasteiger partial charge on any atom is 0.0687 e. The number of rotatable bonds is 0. The first-order chi connectivity index (χ1) is 8.35. The van der Waals surface area contributed by atoms with Gasteiger partial charge in [-0.05, 0) is 29.8 Å². The molecule has 18 heavy (non-hydrogen) atoms. The maximum atomic E-state index is 4.49. The fourth-order valence-corrected chi connectivity index (χ4v) is 3.18. The summed E-state index contributed by atoms with van der Waals surface area (Å²) < 4.78 is 3.20. The number of fused-ring (bicyclic) bond motifs is 3. The summed E-state index contributed by atoms with van der Waals surface area (Å²) >= 11 is 3.58. The minimum absolute atomic E-state index is 0.0529. The third-order valence-electron chi connectivity index (χ3n) is 4.71. The van der Waals surface area contributed by atoms with E-state index in [0.717, 1.165) is 4.47 Å². The Labute approximate surface area is 116 Å². The smallest absolute Gasteiger partial charge is 0.0687 e. The second-order valence-corrected chi connectivity index (χ2v) is 6.96. The van der Waals surface area contributed by atoms with Crippen LogP contribution in [0.2, 0.25) is 0 Å². The van der Waals surface area contributed by atoms with E-state index >= 15 is 0 Å². The summed E-state index contributed by atoms with van der Waals surface area (Å²) in [5, 5.41) is 4.49. The zero-order chi connectivity index (χ0) is 13.1. The molecule has 2 heterocycles. The van der Waals surface area contributed by atoms with Crippen LogP contribution in [0.3, 0.4) is 0 Å². The molecule has 0 fully saturated rings. The van der Waals surface area contributed by atoms with Crippen LogP contribution in [0, 0.1) is 0 Å². The second kappa shape index (κ2) is 3.47. The van der Waals surface area contributed by atoms with Crippen molar-refractivity contribution in [1.29, 1.82) is 0 Å². The van der Waals surface area contributed by atoms with Gasteiger partial charge in [0.2, 0.25) is 0 Å². The van der Waals surface area contributed by atoms with Gasteiger partial charge in [0, 0.05) is 21.5 Å². The highest BCUT2D eigenvalue weighted by molar-refractivity contribution is 9.10. The predicted molar refractivity (Wildman–Crippen MR) is 77.3 cm³/mol. The number of halogens is 1. The molecule has 0 saturated heterocycles. The number of benzene rings is 1. The summed E-state index contributed by atoms with van der Waals surface area (Å²) in [4.78, 5) is 0. The Kier molecular flexibility index (Phi) is 2.31. The summed E-state index contributed by atoms with van der Waals surface area (Å²) in [6.07, 6.45) is 1.89. The van der Waals surface area contributed by atoms with Crippen molar-refractivity contribution in [3.63, 3.8) is 0 Å². The Bertz CT molecular complexity index is 623. The van der Waals surface area contributed by atoms with Gasteiger partial charge in [-0.3, -0.25) is 0 Å². The lowest BCUT2D eigenvalue weighted by Gasteiger charge is -2.46. The number of hydrogen-bond acceptors (Lipinski definition) is 1. The quantitative estimate of drug-likeness (QED) is 0.713. The Morgan fingerprint density at radius 3 is 2.50 bits per heavy atom. The van der Waals surface area contributed by atoms with E-state index < -0.39 is 0 Å². The standard InChI is InChI=1S/C15H17BrN2/c1-14(2)11-9-10(16)5-6-12(11)18-13(7-8-17-18)15(14,3)4/h5-9H,1-4H3. The molecule has 1 aliphatic rings. The molecule has 0 unspecified atom stereocenters. The Morgan fingerprint density at radius 2 is 1.78 bits per heavy atom. The molecule has 0 saturated carbocycles. The molecule has 1 aromatic carbocycles. The van der Waals surface area contributed by atoms with Crippen LogP contribution in [0.1, 0.15) is 39.0 Å². The fourth-order valence-electron chi connectivity index (χ4n) is 2.82. The van der Waals surface area contributed by atoms with E-state index in [0.29, 0.717) is 0 Å². The van der Waals surface area contributed by atoms with Gasteiger partial charge in [-0.15, -0.1) is 0 Å². The van der Waals surface area contributed by atoms with Gasteiger partial charge in [-0.1, -0.05) is 43.6 Å². The first-order valence-corrected chi connectivity index (χ1v) is 7.00. The van der Waals surface area contributed by atoms with Gasteiger partial charge in [-0.25, -0.2) is 4.68 Å². The number of hydrogen-bond donors (Lipinski definition) is 0. The van der Waals surface area contributed by atoms with Crippen LogP contribution < -0.4 is 0 Å². The molecule has 0 bridgehead atoms. The summed E-state index contributed by atoms with van der Waals surface area (Å²) in [6.45, 7) is 9.22. The maximum absolute atomic E-state index is 4.49. The number of nitrogens with zero attached hydrogens (tertiary/aromatic N) is 2. The van der Waals surface area contributed by atoms with Crippen molar-refractivity contribution in [2.24, 2.45) is 0 Å². The monoisotopic (exact) mass is 304 g/mol. The average molecular weight is 305 g/mol. The summed E-state index contributed by atoms with van der Waals surface area (Å²) in [7, 11) is 0. The van der Waals surface area contributed by atoms with Crippen molar-refractivity contribution in [1.82, 2.24) is 9.78 Å². The van der Waals surface area contributed by atoms with Gasteiger partial charge in [0.15, 0.2) is 0 Å². The van der Waals surface area contributed by atoms with Crippen LogP contribution >= 0.6 is 15.9 Å². The topological polar surface area (TPSA) is 17.8 Å². The van der Waals surface area contributed by atoms with Crippen LogP contribution in [-0.2, 0) is 10.8 Å². The molecular formula is C15H17BrN2. The number of aromatic nitrogens is 2.